The van der Waals surface area contributed by atoms with Crippen LogP contribution in [0, 0.1) is 0 Å². The van der Waals surface area contributed by atoms with Crippen molar-refractivity contribution in [3.05, 3.63) is 0 Å². The number of hydrogen-bond acceptors (Lipinski definition) is 4. The minimum absolute atomic E-state index is 0.00221. The third-order valence-electron chi connectivity index (χ3n) is 2.99. The molecule has 0 spiro atoms. The number of aliphatic hydroxyl groups excluding tert-OH is 2. The van der Waals surface area contributed by atoms with Crippen LogP contribution in [0.4, 0.5) is 0 Å². The van der Waals surface area contributed by atoms with Gasteiger partial charge in [0.05, 0.1) is 12.6 Å². The zero-order chi connectivity index (χ0) is 14.8. The number of nitrogens with zero attached hydrogens (tertiary/aromatic N) is 1. The molecule has 1 aliphatic heterocycles. The Balaban J connectivity index is 2.86. The van der Waals surface area contributed by atoms with E-state index in [1.807, 2.05) is 27.7 Å². The molecule has 2 amide bonds. The number of nitrogens with one attached hydrogen (secondary N) is 1. The molecule has 1 rings (SSSR count). The highest BCUT2D eigenvalue weighted by molar-refractivity contribution is 5.89. The van der Waals surface area contributed by atoms with E-state index in [9.17, 15) is 19.8 Å². The van der Waals surface area contributed by atoms with E-state index >= 15 is 0 Å². The Morgan fingerprint density at radius 3 is 2.37 bits per heavy atom. The van der Waals surface area contributed by atoms with Crippen LogP contribution in [0.5, 0.6) is 0 Å². The molecule has 1 saturated heterocycles. The van der Waals surface area contributed by atoms with E-state index in [-0.39, 0.29) is 12.5 Å². The minimum atomic E-state index is -1.23. The number of aliphatic hydroxyl groups is 2. The second-order valence-electron chi connectivity index (χ2n) is 6.04. The van der Waals surface area contributed by atoms with E-state index in [0.717, 1.165) is 0 Å². The maximum atomic E-state index is 12.2. The van der Waals surface area contributed by atoms with Gasteiger partial charge in [-0.15, -0.1) is 0 Å². The predicted octanol–water partition coefficient (Wildman–Crippen LogP) is -0.366. The molecule has 0 radical (unpaired) electrons. The van der Waals surface area contributed by atoms with Gasteiger partial charge in [0.2, 0.25) is 11.8 Å². The van der Waals surface area contributed by atoms with Crippen LogP contribution in [0.2, 0.25) is 0 Å². The summed E-state index contributed by atoms with van der Waals surface area (Å²) in [6.45, 7) is 7.33. The highest BCUT2D eigenvalue weighted by atomic mass is 16.3. The van der Waals surface area contributed by atoms with Gasteiger partial charge in [0, 0.05) is 12.0 Å². The monoisotopic (exact) mass is 272 g/mol. The number of carbonyl (C=O) groups is 2. The summed E-state index contributed by atoms with van der Waals surface area (Å²) in [7, 11) is 0. The second-order valence-corrected chi connectivity index (χ2v) is 6.04. The van der Waals surface area contributed by atoms with Crippen LogP contribution in [0.25, 0.3) is 0 Å². The van der Waals surface area contributed by atoms with Gasteiger partial charge in [-0.2, -0.15) is 0 Å². The van der Waals surface area contributed by atoms with Gasteiger partial charge in [-0.25, -0.2) is 0 Å². The summed E-state index contributed by atoms with van der Waals surface area (Å²) in [5.41, 5.74) is -0.455. The first kappa shape index (κ1) is 15.9. The van der Waals surface area contributed by atoms with Crippen LogP contribution in [0.15, 0.2) is 0 Å². The van der Waals surface area contributed by atoms with Crippen molar-refractivity contribution in [3.63, 3.8) is 0 Å². The second kappa shape index (κ2) is 5.88. The van der Waals surface area contributed by atoms with Crippen LogP contribution in [0.3, 0.4) is 0 Å². The molecule has 1 fully saturated rings. The lowest BCUT2D eigenvalue weighted by Gasteiger charge is -2.29. The molecule has 0 bridgehead atoms. The van der Waals surface area contributed by atoms with E-state index in [2.05, 4.69) is 5.32 Å². The summed E-state index contributed by atoms with van der Waals surface area (Å²) in [6.07, 6.45) is -1.34. The van der Waals surface area contributed by atoms with Gasteiger partial charge in [-0.1, -0.05) is 6.92 Å². The molecule has 0 aromatic heterocycles. The third kappa shape index (κ3) is 3.91. The van der Waals surface area contributed by atoms with Crippen molar-refractivity contribution in [2.45, 2.75) is 64.3 Å². The quantitative estimate of drug-likeness (QED) is 0.654. The lowest BCUT2D eigenvalue weighted by atomic mass is 10.1. The fraction of sp³-hybridized carbons (Fsp3) is 0.846. The Morgan fingerprint density at radius 1 is 1.32 bits per heavy atom. The van der Waals surface area contributed by atoms with E-state index < -0.39 is 29.7 Å². The largest absolute Gasteiger partial charge is 0.388 e. The predicted molar refractivity (Wildman–Crippen MR) is 70.3 cm³/mol. The van der Waals surface area contributed by atoms with Crippen molar-refractivity contribution in [3.8, 4) is 0 Å². The normalized spacial score (nSPS) is 27.5. The fourth-order valence-electron chi connectivity index (χ4n) is 2.17. The van der Waals surface area contributed by atoms with Crippen LogP contribution in [-0.2, 0) is 9.59 Å². The van der Waals surface area contributed by atoms with Crippen molar-refractivity contribution in [2.24, 2.45) is 0 Å². The molecular weight excluding hydrogens is 248 g/mol. The molecule has 3 N–H and O–H groups in total. The average molecular weight is 272 g/mol. The van der Waals surface area contributed by atoms with Gasteiger partial charge in [-0.05, 0) is 27.2 Å². The van der Waals surface area contributed by atoms with Crippen molar-refractivity contribution in [1.82, 2.24) is 10.2 Å². The summed E-state index contributed by atoms with van der Waals surface area (Å²) in [4.78, 5) is 25.4. The zero-order valence-electron chi connectivity index (χ0n) is 12.0. The first-order valence-corrected chi connectivity index (χ1v) is 6.65. The van der Waals surface area contributed by atoms with E-state index in [1.165, 1.54) is 4.90 Å². The molecule has 0 saturated carbocycles. The number of amides is 2. The Morgan fingerprint density at radius 2 is 1.89 bits per heavy atom. The Bertz CT molecular complexity index is 351. The van der Waals surface area contributed by atoms with Gasteiger partial charge >= 0.3 is 0 Å². The molecule has 3 atom stereocenters. The van der Waals surface area contributed by atoms with Gasteiger partial charge in [0.15, 0.2) is 0 Å². The van der Waals surface area contributed by atoms with Gasteiger partial charge in [0.1, 0.15) is 12.1 Å². The lowest BCUT2D eigenvalue weighted by molar-refractivity contribution is -0.141. The molecule has 6 heteroatoms. The molecule has 0 aromatic rings. The molecular formula is C13H24N2O4. The van der Waals surface area contributed by atoms with Crippen molar-refractivity contribution >= 4 is 11.8 Å². The standard InChI is InChI=1S/C13H24N2O4/c1-5-6-9(17)15-7-8(16)11(18)10(15)12(19)14-13(2,3)4/h8,10-11,16,18H,5-7H2,1-4H3,(H,14,19)/t8-,10-,11-/m0/s1. The summed E-state index contributed by atoms with van der Waals surface area (Å²) in [5.74, 6) is -0.645. The topological polar surface area (TPSA) is 89.9 Å². The van der Waals surface area contributed by atoms with E-state index in [4.69, 9.17) is 0 Å². The number of carbonyl (C=O) groups excluding carboxylic acids is 2. The number of hydrogen-bond donors (Lipinski definition) is 3. The highest BCUT2D eigenvalue weighted by Crippen LogP contribution is 2.21. The lowest BCUT2D eigenvalue weighted by Crippen LogP contribution is -2.54. The molecule has 0 unspecified atom stereocenters. The first-order chi connectivity index (χ1) is 8.67. The Labute approximate surface area is 113 Å². The number of likely N-dealkylation sites (tertiary alicyclic amines) is 1. The molecule has 6 nitrogen and oxygen atoms in total. The summed E-state index contributed by atoms with van der Waals surface area (Å²) >= 11 is 0. The SMILES string of the molecule is CCCC(=O)N1C[C@H](O)[C@H](O)[C@H]1C(=O)NC(C)(C)C. The molecule has 1 heterocycles. The Kier molecular flexibility index (Phi) is 4.92. The van der Waals surface area contributed by atoms with Crippen LogP contribution in [0.1, 0.15) is 40.5 Å². The third-order valence-corrected chi connectivity index (χ3v) is 2.99. The fourth-order valence-corrected chi connectivity index (χ4v) is 2.17. The molecule has 110 valence electrons. The van der Waals surface area contributed by atoms with Gasteiger partial charge in [-0.3, -0.25) is 9.59 Å². The zero-order valence-corrected chi connectivity index (χ0v) is 12.0. The molecule has 0 aliphatic carbocycles. The Hall–Kier alpha value is -1.14. The molecule has 0 aromatic carbocycles. The number of β-amino-alcohol motifs (C(OH)–C–C–N with tert-alkyl or cyclic N) is 1. The van der Waals surface area contributed by atoms with E-state index in [1.54, 1.807) is 0 Å². The average Bonchev–Trinajstić information content (AvgIpc) is 2.53. The van der Waals surface area contributed by atoms with Gasteiger partial charge in [0.25, 0.3) is 0 Å². The van der Waals surface area contributed by atoms with Gasteiger partial charge < -0.3 is 20.4 Å². The summed E-state index contributed by atoms with van der Waals surface area (Å²) < 4.78 is 0. The van der Waals surface area contributed by atoms with E-state index in [0.29, 0.717) is 12.8 Å². The first-order valence-electron chi connectivity index (χ1n) is 6.65. The van der Waals surface area contributed by atoms with Crippen LogP contribution in [-0.4, -0.2) is 57.3 Å². The maximum absolute atomic E-state index is 12.2. The summed E-state index contributed by atoms with van der Waals surface area (Å²) in [5, 5.41) is 22.3. The van der Waals surface area contributed by atoms with Crippen LogP contribution >= 0.6 is 0 Å². The smallest absolute Gasteiger partial charge is 0.246 e. The molecule has 19 heavy (non-hydrogen) atoms. The minimum Gasteiger partial charge on any atom is -0.388 e. The maximum Gasteiger partial charge on any atom is 0.246 e. The highest BCUT2D eigenvalue weighted by Gasteiger charge is 2.46. The summed E-state index contributed by atoms with van der Waals surface area (Å²) in [6, 6.07) is -1.01. The van der Waals surface area contributed by atoms with Crippen LogP contribution < -0.4 is 5.32 Å². The van der Waals surface area contributed by atoms with Crippen molar-refractivity contribution < 1.29 is 19.8 Å². The number of rotatable bonds is 3. The van der Waals surface area contributed by atoms with Crippen molar-refractivity contribution in [2.75, 3.05) is 6.54 Å². The molecule has 1 aliphatic rings. The van der Waals surface area contributed by atoms with Crippen molar-refractivity contribution in [1.29, 1.82) is 0 Å².